The van der Waals surface area contributed by atoms with Gasteiger partial charge in [0.25, 0.3) is 0 Å². The lowest BCUT2D eigenvalue weighted by atomic mass is 9.88. The van der Waals surface area contributed by atoms with Crippen LogP contribution in [0.25, 0.3) is 0 Å². The maximum absolute atomic E-state index is 9.38. The van der Waals surface area contributed by atoms with Crippen molar-refractivity contribution in [1.82, 2.24) is 0 Å². The first-order valence-corrected chi connectivity index (χ1v) is 3.90. The topological polar surface area (TPSA) is 20.2 Å². The number of hydrogen-bond acceptors (Lipinski definition) is 1. The minimum atomic E-state index is 0.0451. The number of rotatable bonds is 0. The summed E-state index contributed by atoms with van der Waals surface area (Å²) in [7, 11) is 0. The van der Waals surface area contributed by atoms with Crippen molar-refractivity contribution in [2.24, 2.45) is 11.3 Å². The van der Waals surface area contributed by atoms with Crippen LogP contribution in [0, 0.1) is 11.3 Å². The Labute approximate surface area is 56.1 Å². The Morgan fingerprint density at radius 3 is 2.89 bits per heavy atom. The third kappa shape index (κ3) is 0.710. The first-order valence-electron chi connectivity index (χ1n) is 3.90. The van der Waals surface area contributed by atoms with Crippen molar-refractivity contribution in [3.63, 3.8) is 0 Å². The van der Waals surface area contributed by atoms with Gasteiger partial charge in [0.05, 0.1) is 6.10 Å². The quantitative estimate of drug-likeness (QED) is 0.522. The second-order valence-electron chi connectivity index (χ2n) is 3.92. The van der Waals surface area contributed by atoms with E-state index in [4.69, 9.17) is 0 Å². The van der Waals surface area contributed by atoms with Crippen LogP contribution in [-0.4, -0.2) is 11.2 Å². The maximum Gasteiger partial charge on any atom is 0.0573 e. The smallest absolute Gasteiger partial charge is 0.0573 e. The number of aliphatic hydroxyl groups excluding tert-OH is 1. The highest BCUT2D eigenvalue weighted by Crippen LogP contribution is 2.60. The van der Waals surface area contributed by atoms with Crippen LogP contribution in [0.1, 0.15) is 32.6 Å². The molecule has 9 heavy (non-hydrogen) atoms. The molecule has 2 aliphatic rings. The Balaban J connectivity index is 2.07. The Bertz CT molecular complexity index is 133. The molecule has 0 saturated heterocycles. The van der Waals surface area contributed by atoms with Gasteiger partial charge in [0.15, 0.2) is 0 Å². The van der Waals surface area contributed by atoms with Gasteiger partial charge in [0.1, 0.15) is 0 Å². The predicted molar refractivity (Wildman–Crippen MR) is 36.1 cm³/mol. The lowest BCUT2D eigenvalue weighted by Crippen LogP contribution is -2.19. The largest absolute Gasteiger partial charge is 0.393 e. The lowest BCUT2D eigenvalue weighted by Gasteiger charge is -2.21. The SMILES string of the molecule is C[C@]12CCC[C@H](O)[C@H]1C2. The summed E-state index contributed by atoms with van der Waals surface area (Å²) < 4.78 is 0. The molecule has 1 N–H and O–H groups in total. The molecular weight excluding hydrogens is 112 g/mol. The van der Waals surface area contributed by atoms with Gasteiger partial charge < -0.3 is 5.11 Å². The molecule has 0 heterocycles. The van der Waals surface area contributed by atoms with Gasteiger partial charge in [-0.05, 0) is 30.6 Å². The van der Waals surface area contributed by atoms with Gasteiger partial charge in [-0.2, -0.15) is 0 Å². The molecule has 3 atom stereocenters. The fourth-order valence-corrected chi connectivity index (χ4v) is 2.25. The molecule has 0 aromatic rings. The van der Waals surface area contributed by atoms with Crippen LogP contribution in [0.5, 0.6) is 0 Å². The molecule has 2 rings (SSSR count). The van der Waals surface area contributed by atoms with Crippen molar-refractivity contribution in [3.05, 3.63) is 0 Å². The van der Waals surface area contributed by atoms with Crippen molar-refractivity contribution in [2.45, 2.75) is 38.7 Å². The Hall–Kier alpha value is -0.0400. The van der Waals surface area contributed by atoms with E-state index in [0.29, 0.717) is 11.3 Å². The fraction of sp³-hybridized carbons (Fsp3) is 1.00. The summed E-state index contributed by atoms with van der Waals surface area (Å²) in [6.45, 7) is 2.31. The zero-order chi connectivity index (χ0) is 6.48. The van der Waals surface area contributed by atoms with Crippen molar-refractivity contribution in [1.29, 1.82) is 0 Å². The van der Waals surface area contributed by atoms with Crippen LogP contribution in [-0.2, 0) is 0 Å². The molecule has 0 spiro atoms. The van der Waals surface area contributed by atoms with E-state index in [1.807, 2.05) is 0 Å². The standard InChI is InChI=1S/C8H14O/c1-8-4-2-3-7(9)6(8)5-8/h6-7,9H,2-5H2,1H3/t6-,7+,8-/m1/s1. The average molecular weight is 126 g/mol. The van der Waals surface area contributed by atoms with Gasteiger partial charge >= 0.3 is 0 Å². The van der Waals surface area contributed by atoms with Crippen LogP contribution in [0.3, 0.4) is 0 Å². The van der Waals surface area contributed by atoms with Crippen molar-refractivity contribution < 1.29 is 5.11 Å². The van der Waals surface area contributed by atoms with E-state index in [1.165, 1.54) is 19.3 Å². The average Bonchev–Trinajstić information content (AvgIpc) is 2.43. The van der Waals surface area contributed by atoms with Gasteiger partial charge in [-0.1, -0.05) is 13.3 Å². The molecule has 2 saturated carbocycles. The van der Waals surface area contributed by atoms with Gasteiger partial charge in [0.2, 0.25) is 0 Å². The summed E-state index contributed by atoms with van der Waals surface area (Å²) in [5.41, 5.74) is 0.567. The highest BCUT2D eigenvalue weighted by atomic mass is 16.3. The fourth-order valence-electron chi connectivity index (χ4n) is 2.25. The van der Waals surface area contributed by atoms with Crippen LogP contribution in [0.2, 0.25) is 0 Å². The van der Waals surface area contributed by atoms with Crippen molar-refractivity contribution in [2.75, 3.05) is 0 Å². The molecule has 1 nitrogen and oxygen atoms in total. The third-order valence-electron chi connectivity index (χ3n) is 3.13. The summed E-state index contributed by atoms with van der Waals surface area (Å²) in [6.07, 6.45) is 4.99. The molecule has 0 radical (unpaired) electrons. The van der Waals surface area contributed by atoms with Crippen LogP contribution >= 0.6 is 0 Å². The Morgan fingerprint density at radius 2 is 2.33 bits per heavy atom. The zero-order valence-electron chi connectivity index (χ0n) is 5.93. The minimum absolute atomic E-state index is 0.0451. The van der Waals surface area contributed by atoms with Crippen LogP contribution in [0.15, 0.2) is 0 Å². The zero-order valence-corrected chi connectivity index (χ0v) is 5.93. The molecule has 2 fully saturated rings. The molecule has 0 aliphatic heterocycles. The van der Waals surface area contributed by atoms with E-state index in [0.717, 1.165) is 6.42 Å². The monoisotopic (exact) mass is 126 g/mol. The predicted octanol–water partition coefficient (Wildman–Crippen LogP) is 1.56. The molecule has 0 aromatic carbocycles. The first-order chi connectivity index (χ1) is 4.22. The highest BCUT2D eigenvalue weighted by molar-refractivity contribution is 5.04. The highest BCUT2D eigenvalue weighted by Gasteiger charge is 2.54. The number of aliphatic hydroxyl groups is 1. The van der Waals surface area contributed by atoms with Crippen molar-refractivity contribution >= 4 is 0 Å². The summed E-state index contributed by atoms with van der Waals surface area (Å²) in [5.74, 6) is 0.672. The van der Waals surface area contributed by atoms with E-state index in [9.17, 15) is 5.11 Å². The van der Waals surface area contributed by atoms with Gasteiger partial charge in [-0.3, -0.25) is 0 Å². The Morgan fingerprint density at radius 1 is 1.56 bits per heavy atom. The van der Waals surface area contributed by atoms with Gasteiger partial charge in [0, 0.05) is 0 Å². The lowest BCUT2D eigenvalue weighted by molar-refractivity contribution is 0.0977. The number of hydrogen-bond donors (Lipinski definition) is 1. The van der Waals surface area contributed by atoms with Crippen LogP contribution in [0.4, 0.5) is 0 Å². The second-order valence-corrected chi connectivity index (χ2v) is 3.92. The third-order valence-corrected chi connectivity index (χ3v) is 3.13. The molecule has 2 aliphatic carbocycles. The maximum atomic E-state index is 9.38. The molecule has 0 amide bonds. The van der Waals surface area contributed by atoms with E-state index < -0.39 is 0 Å². The minimum Gasteiger partial charge on any atom is -0.393 e. The van der Waals surface area contributed by atoms with E-state index in [-0.39, 0.29) is 6.10 Å². The molecule has 52 valence electrons. The summed E-state index contributed by atoms with van der Waals surface area (Å²) in [5, 5.41) is 9.38. The van der Waals surface area contributed by atoms with Gasteiger partial charge in [-0.25, -0.2) is 0 Å². The summed E-state index contributed by atoms with van der Waals surface area (Å²) >= 11 is 0. The second kappa shape index (κ2) is 1.51. The van der Waals surface area contributed by atoms with Crippen molar-refractivity contribution in [3.8, 4) is 0 Å². The summed E-state index contributed by atoms with van der Waals surface area (Å²) in [6, 6.07) is 0. The summed E-state index contributed by atoms with van der Waals surface area (Å²) in [4.78, 5) is 0. The molecule has 1 heteroatoms. The first kappa shape index (κ1) is 5.72. The van der Waals surface area contributed by atoms with E-state index >= 15 is 0 Å². The number of fused-ring (bicyclic) bond motifs is 1. The van der Waals surface area contributed by atoms with Gasteiger partial charge in [-0.15, -0.1) is 0 Å². The Kier molecular flexibility index (Phi) is 0.963. The molecular formula is C8H14O. The molecule has 0 bridgehead atoms. The van der Waals surface area contributed by atoms with E-state index in [2.05, 4.69) is 6.92 Å². The normalized spacial score (nSPS) is 56.7. The molecule has 0 unspecified atom stereocenters. The molecule has 0 aromatic heterocycles. The van der Waals surface area contributed by atoms with E-state index in [1.54, 1.807) is 0 Å². The van der Waals surface area contributed by atoms with Crippen LogP contribution < -0.4 is 0 Å².